The van der Waals surface area contributed by atoms with Gasteiger partial charge < -0.3 is 9.73 Å². The minimum atomic E-state index is -0.381. The van der Waals surface area contributed by atoms with Crippen molar-refractivity contribution in [3.63, 3.8) is 0 Å². The zero-order valence-corrected chi connectivity index (χ0v) is 14.6. The van der Waals surface area contributed by atoms with E-state index < -0.39 is 0 Å². The van der Waals surface area contributed by atoms with E-state index in [9.17, 15) is 9.59 Å². The third-order valence-electron chi connectivity index (χ3n) is 3.67. The number of carbonyl (C=O) groups is 1. The number of aromatic nitrogens is 2. The summed E-state index contributed by atoms with van der Waals surface area (Å²) in [5, 5.41) is 5.66. The van der Waals surface area contributed by atoms with Crippen LogP contribution in [0.3, 0.4) is 0 Å². The van der Waals surface area contributed by atoms with Crippen LogP contribution in [0, 0.1) is 5.92 Å². The molecule has 0 aliphatic carbocycles. The van der Waals surface area contributed by atoms with Gasteiger partial charge in [0, 0.05) is 24.4 Å². The van der Waals surface area contributed by atoms with E-state index in [1.165, 1.54) is 15.9 Å². The van der Waals surface area contributed by atoms with Gasteiger partial charge in [-0.2, -0.15) is 0 Å². The van der Waals surface area contributed by atoms with Crippen LogP contribution < -0.4 is 11.1 Å². The number of nitrogens with zero attached hydrogens (tertiary/aromatic N) is 2. The SMILES string of the molecule is CC(C)CC(=O)NCc1nc(-c2ccc3c(c2)oc(=O)n3C)cs1. The average Bonchev–Trinajstić information content (AvgIpc) is 3.10. The molecule has 3 aromatic rings. The predicted molar refractivity (Wildman–Crippen MR) is 93.9 cm³/mol. The zero-order chi connectivity index (χ0) is 17.3. The molecule has 0 aliphatic rings. The molecule has 6 nitrogen and oxygen atoms in total. The second-order valence-electron chi connectivity index (χ2n) is 6.11. The van der Waals surface area contributed by atoms with E-state index in [0.717, 1.165) is 21.8 Å². The molecule has 0 saturated carbocycles. The van der Waals surface area contributed by atoms with E-state index >= 15 is 0 Å². The molecule has 1 N–H and O–H groups in total. The van der Waals surface area contributed by atoms with E-state index in [4.69, 9.17) is 4.42 Å². The van der Waals surface area contributed by atoms with Crippen LogP contribution in [0.25, 0.3) is 22.4 Å². The molecule has 0 radical (unpaired) electrons. The summed E-state index contributed by atoms with van der Waals surface area (Å²) < 4.78 is 6.68. The number of thiazole rings is 1. The summed E-state index contributed by atoms with van der Waals surface area (Å²) in [6, 6.07) is 5.57. The molecule has 0 unspecified atom stereocenters. The number of aryl methyl sites for hydroxylation is 1. The molecule has 2 aromatic heterocycles. The number of hydrogen-bond donors (Lipinski definition) is 1. The number of nitrogens with one attached hydrogen (secondary N) is 1. The fourth-order valence-corrected chi connectivity index (χ4v) is 3.18. The van der Waals surface area contributed by atoms with Crippen LogP contribution in [0.4, 0.5) is 0 Å². The molecule has 126 valence electrons. The molecule has 0 bridgehead atoms. The van der Waals surface area contributed by atoms with Gasteiger partial charge in [0.05, 0.1) is 17.8 Å². The maximum atomic E-state index is 11.7. The van der Waals surface area contributed by atoms with Crippen molar-refractivity contribution in [2.45, 2.75) is 26.8 Å². The van der Waals surface area contributed by atoms with Crippen LogP contribution >= 0.6 is 11.3 Å². The van der Waals surface area contributed by atoms with Crippen molar-refractivity contribution in [1.82, 2.24) is 14.9 Å². The lowest BCUT2D eigenvalue weighted by Crippen LogP contribution is -2.23. The Kier molecular flexibility index (Phi) is 4.53. The Morgan fingerprint density at radius 2 is 2.21 bits per heavy atom. The third-order valence-corrected chi connectivity index (χ3v) is 4.52. The summed E-state index contributed by atoms with van der Waals surface area (Å²) in [5.41, 5.74) is 2.98. The highest BCUT2D eigenvalue weighted by Crippen LogP contribution is 2.25. The van der Waals surface area contributed by atoms with Crippen LogP contribution in [0.15, 0.2) is 32.8 Å². The quantitative estimate of drug-likeness (QED) is 0.771. The lowest BCUT2D eigenvalue weighted by atomic mass is 10.1. The van der Waals surface area contributed by atoms with Crippen molar-refractivity contribution >= 4 is 28.3 Å². The van der Waals surface area contributed by atoms with Crippen molar-refractivity contribution < 1.29 is 9.21 Å². The molecule has 0 spiro atoms. The van der Waals surface area contributed by atoms with E-state index in [0.29, 0.717) is 24.5 Å². The van der Waals surface area contributed by atoms with Gasteiger partial charge in [0.25, 0.3) is 0 Å². The van der Waals surface area contributed by atoms with Crippen LogP contribution in [0.1, 0.15) is 25.3 Å². The van der Waals surface area contributed by atoms with Crippen molar-refractivity contribution in [2.75, 3.05) is 0 Å². The van der Waals surface area contributed by atoms with Crippen LogP contribution in [0.2, 0.25) is 0 Å². The second-order valence-corrected chi connectivity index (χ2v) is 7.05. The maximum absolute atomic E-state index is 11.7. The lowest BCUT2D eigenvalue weighted by Gasteiger charge is -2.05. The highest BCUT2D eigenvalue weighted by Gasteiger charge is 2.11. The van der Waals surface area contributed by atoms with Gasteiger partial charge >= 0.3 is 5.76 Å². The lowest BCUT2D eigenvalue weighted by molar-refractivity contribution is -0.121. The van der Waals surface area contributed by atoms with Gasteiger partial charge in [-0.15, -0.1) is 11.3 Å². The molecule has 24 heavy (non-hydrogen) atoms. The van der Waals surface area contributed by atoms with Gasteiger partial charge in [-0.25, -0.2) is 9.78 Å². The average molecular weight is 345 g/mol. The summed E-state index contributed by atoms with van der Waals surface area (Å²) in [6.45, 7) is 4.46. The minimum absolute atomic E-state index is 0.0363. The molecule has 7 heteroatoms. The number of amides is 1. The number of carbonyl (C=O) groups excluding carboxylic acids is 1. The Bertz CT molecular complexity index is 936. The van der Waals surface area contributed by atoms with Gasteiger partial charge in [0.1, 0.15) is 5.01 Å². The molecular weight excluding hydrogens is 326 g/mol. The van der Waals surface area contributed by atoms with Crippen molar-refractivity contribution in [3.8, 4) is 11.3 Å². The zero-order valence-electron chi connectivity index (χ0n) is 13.8. The first-order valence-electron chi connectivity index (χ1n) is 7.75. The Balaban J connectivity index is 1.75. The van der Waals surface area contributed by atoms with Gasteiger partial charge in [-0.1, -0.05) is 19.9 Å². The molecule has 0 aliphatic heterocycles. The molecule has 3 rings (SSSR count). The summed E-state index contributed by atoms with van der Waals surface area (Å²) in [5.74, 6) is -0.00711. The Hall–Kier alpha value is -2.41. The number of rotatable bonds is 5. The number of hydrogen-bond acceptors (Lipinski definition) is 5. The van der Waals surface area contributed by atoms with Crippen molar-refractivity contribution in [2.24, 2.45) is 13.0 Å². The van der Waals surface area contributed by atoms with Gasteiger partial charge in [0.2, 0.25) is 5.91 Å². The monoisotopic (exact) mass is 345 g/mol. The molecule has 0 atom stereocenters. The number of oxazole rings is 1. The molecule has 2 heterocycles. The van der Waals surface area contributed by atoms with E-state index in [1.54, 1.807) is 7.05 Å². The smallest absolute Gasteiger partial charge is 0.408 e. The fourth-order valence-electron chi connectivity index (χ4n) is 2.44. The maximum Gasteiger partial charge on any atom is 0.419 e. The van der Waals surface area contributed by atoms with Gasteiger partial charge in [0.15, 0.2) is 5.58 Å². The first kappa shape index (κ1) is 16.4. The van der Waals surface area contributed by atoms with E-state index in [2.05, 4.69) is 10.3 Å². The molecule has 0 fully saturated rings. The number of benzene rings is 1. The van der Waals surface area contributed by atoms with Crippen molar-refractivity contribution in [3.05, 3.63) is 39.1 Å². The Morgan fingerprint density at radius 3 is 2.96 bits per heavy atom. The van der Waals surface area contributed by atoms with E-state index in [-0.39, 0.29) is 11.7 Å². The highest BCUT2D eigenvalue weighted by molar-refractivity contribution is 7.09. The summed E-state index contributed by atoms with van der Waals surface area (Å²) in [4.78, 5) is 27.8. The Morgan fingerprint density at radius 1 is 1.42 bits per heavy atom. The Labute approximate surface area is 143 Å². The van der Waals surface area contributed by atoms with Crippen LogP contribution in [-0.2, 0) is 18.4 Å². The molecular formula is C17H19N3O3S. The fraction of sp³-hybridized carbons (Fsp3) is 0.353. The molecule has 0 saturated heterocycles. The van der Waals surface area contributed by atoms with Crippen LogP contribution in [0.5, 0.6) is 0 Å². The van der Waals surface area contributed by atoms with Crippen molar-refractivity contribution in [1.29, 1.82) is 0 Å². The standard InChI is InChI=1S/C17H19N3O3S/c1-10(2)6-15(21)18-8-16-19-12(9-24-16)11-4-5-13-14(7-11)23-17(22)20(13)3/h4-5,7,9-10H,6,8H2,1-3H3,(H,18,21). The largest absolute Gasteiger partial charge is 0.419 e. The normalized spacial score (nSPS) is 11.3. The minimum Gasteiger partial charge on any atom is -0.408 e. The number of fused-ring (bicyclic) bond motifs is 1. The molecule has 1 amide bonds. The van der Waals surface area contributed by atoms with Crippen LogP contribution in [-0.4, -0.2) is 15.5 Å². The predicted octanol–water partition coefficient (Wildman–Crippen LogP) is 2.92. The highest BCUT2D eigenvalue weighted by atomic mass is 32.1. The summed E-state index contributed by atoms with van der Waals surface area (Å²) in [6.07, 6.45) is 0.516. The third kappa shape index (κ3) is 3.41. The molecule has 1 aromatic carbocycles. The van der Waals surface area contributed by atoms with Gasteiger partial charge in [-0.05, 0) is 18.1 Å². The summed E-state index contributed by atoms with van der Waals surface area (Å²) in [7, 11) is 1.68. The topological polar surface area (TPSA) is 77.1 Å². The second kappa shape index (κ2) is 6.60. The first-order valence-corrected chi connectivity index (χ1v) is 8.63. The summed E-state index contributed by atoms with van der Waals surface area (Å²) >= 11 is 1.50. The first-order chi connectivity index (χ1) is 11.4. The van der Waals surface area contributed by atoms with Gasteiger partial charge in [-0.3, -0.25) is 9.36 Å². The van der Waals surface area contributed by atoms with E-state index in [1.807, 2.05) is 37.4 Å².